The molecule has 0 radical (unpaired) electrons. The molecule has 0 bridgehead atoms. The van der Waals surface area contributed by atoms with Crippen molar-refractivity contribution in [2.24, 2.45) is 0 Å². The van der Waals surface area contributed by atoms with Crippen LogP contribution in [0.3, 0.4) is 0 Å². The van der Waals surface area contributed by atoms with E-state index in [1.807, 2.05) is 24.3 Å². The van der Waals surface area contributed by atoms with Gasteiger partial charge in [-0.15, -0.1) is 0 Å². The van der Waals surface area contributed by atoms with E-state index in [0.29, 0.717) is 5.56 Å². The fraction of sp³-hybridized carbons (Fsp3) is 0.400. The Balaban J connectivity index is 2.62. The van der Waals surface area contributed by atoms with Crippen LogP contribution < -0.4 is 5.32 Å². The summed E-state index contributed by atoms with van der Waals surface area (Å²) in [6.45, 7) is 4.57. The molecule has 96 valence electrons. The van der Waals surface area contributed by atoms with E-state index in [-0.39, 0.29) is 0 Å². The number of rotatable bonds is 7. The Morgan fingerprint density at radius 1 is 1.50 bits per heavy atom. The van der Waals surface area contributed by atoms with E-state index in [1.165, 1.54) is 5.57 Å². The minimum atomic E-state index is 0.701. The molecule has 0 aliphatic rings. The molecule has 0 aliphatic carbocycles. The van der Waals surface area contributed by atoms with Crippen molar-refractivity contribution in [3.63, 3.8) is 0 Å². The molecule has 1 rings (SSSR count). The molecule has 3 nitrogen and oxygen atoms in total. The molecule has 18 heavy (non-hydrogen) atoms. The van der Waals surface area contributed by atoms with Crippen LogP contribution in [0.1, 0.15) is 24.5 Å². The molecule has 0 saturated heterocycles. The fourth-order valence-corrected chi connectivity index (χ4v) is 1.63. The lowest BCUT2D eigenvalue weighted by molar-refractivity contribution is 0.200. The van der Waals surface area contributed by atoms with E-state index in [9.17, 15) is 0 Å². The van der Waals surface area contributed by atoms with Crippen molar-refractivity contribution in [3.05, 3.63) is 41.0 Å². The molecule has 0 saturated carbocycles. The zero-order valence-corrected chi connectivity index (χ0v) is 11.1. The average molecular weight is 244 g/mol. The van der Waals surface area contributed by atoms with Crippen LogP contribution in [0, 0.1) is 11.3 Å². The molecule has 0 fully saturated rings. The molecule has 0 unspecified atom stereocenters. The maximum Gasteiger partial charge on any atom is 0.0991 e. The average Bonchev–Trinajstić information content (AvgIpc) is 2.42. The number of nitrogens with zero attached hydrogens (tertiary/aromatic N) is 1. The summed E-state index contributed by atoms with van der Waals surface area (Å²) >= 11 is 0. The van der Waals surface area contributed by atoms with Gasteiger partial charge >= 0.3 is 0 Å². The molecule has 1 aromatic rings. The van der Waals surface area contributed by atoms with Gasteiger partial charge in [-0.05, 0) is 24.1 Å². The maximum absolute atomic E-state index is 8.86. The molecule has 0 aromatic heterocycles. The van der Waals surface area contributed by atoms with Crippen molar-refractivity contribution in [2.75, 3.05) is 26.8 Å². The second-order valence-electron chi connectivity index (χ2n) is 4.06. The third-order valence-corrected chi connectivity index (χ3v) is 2.68. The minimum Gasteiger partial charge on any atom is -0.383 e. The zero-order chi connectivity index (χ0) is 13.2. The van der Waals surface area contributed by atoms with Crippen LogP contribution in [-0.2, 0) is 4.74 Å². The topological polar surface area (TPSA) is 45.0 Å². The molecule has 0 aliphatic heterocycles. The van der Waals surface area contributed by atoms with E-state index < -0.39 is 0 Å². The molecule has 0 atom stereocenters. The molecule has 3 heteroatoms. The normalized spacial score (nSPS) is 11.3. The lowest BCUT2D eigenvalue weighted by Gasteiger charge is -2.07. The Labute approximate surface area is 109 Å². The van der Waals surface area contributed by atoms with Gasteiger partial charge in [-0.25, -0.2) is 0 Å². The lowest BCUT2D eigenvalue weighted by atomic mass is 10.1. The number of nitriles is 1. The Morgan fingerprint density at radius 2 is 2.33 bits per heavy atom. The molecular weight excluding hydrogens is 224 g/mol. The van der Waals surface area contributed by atoms with Gasteiger partial charge in [0.15, 0.2) is 0 Å². The van der Waals surface area contributed by atoms with Gasteiger partial charge in [0, 0.05) is 20.2 Å². The quantitative estimate of drug-likeness (QED) is 0.750. The summed E-state index contributed by atoms with van der Waals surface area (Å²) in [6, 6.07) is 9.82. The Hall–Kier alpha value is -1.63. The summed E-state index contributed by atoms with van der Waals surface area (Å²) in [5, 5.41) is 12.2. The Bertz CT molecular complexity index is 432. The van der Waals surface area contributed by atoms with Gasteiger partial charge in [-0.3, -0.25) is 0 Å². The lowest BCUT2D eigenvalue weighted by Crippen LogP contribution is -2.21. The first-order chi connectivity index (χ1) is 8.80. The summed E-state index contributed by atoms with van der Waals surface area (Å²) in [4.78, 5) is 0. The highest BCUT2D eigenvalue weighted by molar-refractivity contribution is 5.55. The van der Waals surface area contributed by atoms with Gasteiger partial charge in [0.2, 0.25) is 0 Å². The Kier molecular flexibility index (Phi) is 6.78. The predicted molar refractivity (Wildman–Crippen MR) is 74.2 cm³/mol. The largest absolute Gasteiger partial charge is 0.383 e. The summed E-state index contributed by atoms with van der Waals surface area (Å²) in [5.41, 5.74) is 3.10. The number of hydrogen-bond acceptors (Lipinski definition) is 3. The molecule has 1 N–H and O–H groups in total. The number of nitrogens with one attached hydrogen (secondary N) is 1. The highest BCUT2D eigenvalue weighted by Gasteiger charge is 1.97. The summed E-state index contributed by atoms with van der Waals surface area (Å²) < 4.78 is 4.99. The molecular formula is C15H20N2O. The van der Waals surface area contributed by atoms with Gasteiger partial charge in [0.05, 0.1) is 18.2 Å². The van der Waals surface area contributed by atoms with Crippen LogP contribution in [0.4, 0.5) is 0 Å². The van der Waals surface area contributed by atoms with Gasteiger partial charge in [-0.2, -0.15) is 5.26 Å². The van der Waals surface area contributed by atoms with Gasteiger partial charge < -0.3 is 10.1 Å². The molecule has 0 heterocycles. The smallest absolute Gasteiger partial charge is 0.0991 e. The second kappa shape index (κ2) is 8.46. The first kappa shape index (κ1) is 14.4. The highest BCUT2D eigenvalue weighted by atomic mass is 16.5. The van der Waals surface area contributed by atoms with Crippen LogP contribution in [0.15, 0.2) is 29.8 Å². The van der Waals surface area contributed by atoms with Gasteiger partial charge in [0.25, 0.3) is 0 Å². The minimum absolute atomic E-state index is 0.701. The van der Waals surface area contributed by atoms with E-state index in [2.05, 4.69) is 24.4 Å². The number of benzene rings is 1. The van der Waals surface area contributed by atoms with E-state index in [4.69, 9.17) is 10.00 Å². The van der Waals surface area contributed by atoms with Gasteiger partial charge in [-0.1, -0.05) is 30.7 Å². The van der Waals surface area contributed by atoms with Crippen molar-refractivity contribution in [3.8, 4) is 6.07 Å². The van der Waals surface area contributed by atoms with Crippen molar-refractivity contribution >= 4 is 6.08 Å². The monoisotopic (exact) mass is 244 g/mol. The number of methoxy groups -OCH3 is 1. The van der Waals surface area contributed by atoms with E-state index in [0.717, 1.165) is 31.7 Å². The summed E-state index contributed by atoms with van der Waals surface area (Å²) in [7, 11) is 1.70. The predicted octanol–water partition coefficient (Wildman–Crippen LogP) is 2.59. The van der Waals surface area contributed by atoms with Crippen molar-refractivity contribution in [1.82, 2.24) is 5.32 Å². The molecule has 0 amide bonds. The van der Waals surface area contributed by atoms with E-state index >= 15 is 0 Å². The Morgan fingerprint density at radius 3 is 3.00 bits per heavy atom. The standard InChI is InChI=1S/C15H20N2O/c1-3-13(12-17-7-8-18-2)9-14-5-4-6-15(10-14)11-16/h4-6,9-10,17H,3,7-8,12H2,1-2H3. The summed E-state index contributed by atoms with van der Waals surface area (Å²) in [6.07, 6.45) is 3.14. The van der Waals surface area contributed by atoms with Crippen molar-refractivity contribution < 1.29 is 4.74 Å². The third-order valence-electron chi connectivity index (χ3n) is 2.68. The third kappa shape index (κ3) is 5.13. The van der Waals surface area contributed by atoms with Crippen LogP contribution in [0.25, 0.3) is 6.08 Å². The second-order valence-corrected chi connectivity index (χ2v) is 4.06. The first-order valence-corrected chi connectivity index (χ1v) is 6.19. The maximum atomic E-state index is 8.86. The van der Waals surface area contributed by atoms with Gasteiger partial charge in [0.1, 0.15) is 0 Å². The number of ether oxygens (including phenoxy) is 1. The molecule has 1 aromatic carbocycles. The van der Waals surface area contributed by atoms with Crippen LogP contribution in [-0.4, -0.2) is 26.8 Å². The van der Waals surface area contributed by atoms with Crippen molar-refractivity contribution in [1.29, 1.82) is 5.26 Å². The van der Waals surface area contributed by atoms with E-state index in [1.54, 1.807) is 7.11 Å². The SMILES string of the molecule is CCC(=Cc1cccc(C#N)c1)CNCCOC. The number of hydrogen-bond donors (Lipinski definition) is 1. The van der Waals surface area contributed by atoms with Crippen LogP contribution in [0.2, 0.25) is 0 Å². The van der Waals surface area contributed by atoms with Crippen molar-refractivity contribution in [2.45, 2.75) is 13.3 Å². The highest BCUT2D eigenvalue weighted by Crippen LogP contribution is 2.11. The molecule has 0 spiro atoms. The fourth-order valence-electron chi connectivity index (χ4n) is 1.63. The van der Waals surface area contributed by atoms with Crippen LogP contribution >= 0.6 is 0 Å². The zero-order valence-electron chi connectivity index (χ0n) is 11.1. The summed E-state index contributed by atoms with van der Waals surface area (Å²) in [5.74, 6) is 0. The van der Waals surface area contributed by atoms with Crippen LogP contribution in [0.5, 0.6) is 0 Å². The first-order valence-electron chi connectivity index (χ1n) is 6.19.